The van der Waals surface area contributed by atoms with E-state index in [2.05, 4.69) is 4.74 Å². The van der Waals surface area contributed by atoms with E-state index in [9.17, 15) is 9.36 Å². The fourth-order valence-corrected chi connectivity index (χ4v) is 3.03. The number of rotatable bonds is 5. The van der Waals surface area contributed by atoms with Crippen LogP contribution >= 0.6 is 18.9 Å². The lowest BCUT2D eigenvalue weighted by molar-refractivity contribution is -0.135. The van der Waals surface area contributed by atoms with Crippen molar-refractivity contribution >= 4 is 31.0 Å². The highest BCUT2D eigenvalue weighted by atomic mass is 32.1. The van der Waals surface area contributed by atoms with Crippen LogP contribution in [-0.2, 0) is 23.1 Å². The largest absolute Gasteiger partial charge is 0.465 e. The summed E-state index contributed by atoms with van der Waals surface area (Å²) < 4.78 is 26.3. The van der Waals surface area contributed by atoms with E-state index >= 15 is 0 Å². The van der Waals surface area contributed by atoms with Crippen LogP contribution in [0.2, 0.25) is 0 Å². The second-order valence-electron chi connectivity index (χ2n) is 2.90. The van der Waals surface area contributed by atoms with Gasteiger partial charge in [-0.05, 0) is 17.5 Å². The second kappa shape index (κ2) is 6.12. The van der Waals surface area contributed by atoms with Crippen LogP contribution in [0.15, 0.2) is 22.8 Å². The van der Waals surface area contributed by atoms with E-state index in [1.54, 1.807) is 6.07 Å². The summed E-state index contributed by atoms with van der Waals surface area (Å²) >= 11 is 1.40. The molecule has 0 unspecified atom stereocenters. The van der Waals surface area contributed by atoms with Crippen molar-refractivity contribution in [2.45, 2.75) is 0 Å². The molecule has 0 aliphatic carbocycles. The minimum atomic E-state index is -3.61. The summed E-state index contributed by atoms with van der Waals surface area (Å²) in [6, 6.07) is 3.60. The van der Waals surface area contributed by atoms with Crippen LogP contribution < -0.4 is 0 Å². The molecule has 0 fully saturated rings. The van der Waals surface area contributed by atoms with Crippen LogP contribution in [0.25, 0.3) is 6.08 Å². The van der Waals surface area contributed by atoms with E-state index in [0.29, 0.717) is 0 Å². The zero-order chi connectivity index (χ0) is 12.9. The van der Waals surface area contributed by atoms with Gasteiger partial charge < -0.3 is 13.8 Å². The Hall–Kier alpha value is -0.940. The smallest absolute Gasteiger partial charge is 0.368 e. The van der Waals surface area contributed by atoms with Crippen molar-refractivity contribution in [3.8, 4) is 0 Å². The van der Waals surface area contributed by atoms with E-state index in [4.69, 9.17) is 9.05 Å². The molecule has 0 aliphatic heterocycles. The van der Waals surface area contributed by atoms with Gasteiger partial charge in [-0.3, -0.25) is 4.57 Å². The van der Waals surface area contributed by atoms with Gasteiger partial charge in [0, 0.05) is 19.1 Å². The molecule has 94 valence electrons. The van der Waals surface area contributed by atoms with Crippen molar-refractivity contribution in [1.82, 2.24) is 0 Å². The van der Waals surface area contributed by atoms with Crippen LogP contribution in [0.4, 0.5) is 0 Å². The molecule has 0 radical (unpaired) electrons. The Morgan fingerprint density at radius 3 is 2.41 bits per heavy atom. The van der Waals surface area contributed by atoms with E-state index in [-0.39, 0.29) is 5.31 Å². The van der Waals surface area contributed by atoms with Gasteiger partial charge in [0.2, 0.25) is 0 Å². The average molecular weight is 276 g/mol. The number of carbonyl (C=O) groups is 1. The molecule has 0 saturated carbocycles. The van der Waals surface area contributed by atoms with E-state index in [0.717, 1.165) is 4.88 Å². The Bertz CT molecular complexity index is 443. The van der Waals surface area contributed by atoms with Crippen LogP contribution in [0.1, 0.15) is 4.88 Å². The maximum absolute atomic E-state index is 12.2. The second-order valence-corrected chi connectivity index (χ2v) is 6.09. The molecule has 1 aromatic heterocycles. The van der Waals surface area contributed by atoms with Gasteiger partial charge in [-0.25, -0.2) is 4.79 Å². The molecule has 0 aromatic carbocycles. The molecule has 7 heteroatoms. The molecular formula is C10H13O5PS. The molecule has 0 atom stereocenters. The number of hydrogen-bond acceptors (Lipinski definition) is 6. The van der Waals surface area contributed by atoms with E-state index in [1.807, 2.05) is 11.4 Å². The van der Waals surface area contributed by atoms with Gasteiger partial charge in [-0.15, -0.1) is 11.3 Å². The van der Waals surface area contributed by atoms with Crippen molar-refractivity contribution in [3.63, 3.8) is 0 Å². The first-order chi connectivity index (χ1) is 8.07. The molecule has 0 saturated heterocycles. The number of esters is 1. The third kappa shape index (κ3) is 3.26. The predicted molar refractivity (Wildman–Crippen MR) is 65.9 cm³/mol. The van der Waals surface area contributed by atoms with E-state index in [1.165, 1.54) is 38.7 Å². The highest BCUT2D eigenvalue weighted by Gasteiger charge is 2.34. The average Bonchev–Trinajstić information content (AvgIpc) is 2.87. The van der Waals surface area contributed by atoms with Crippen molar-refractivity contribution in [2.24, 2.45) is 0 Å². The lowest BCUT2D eigenvalue weighted by Crippen LogP contribution is -2.07. The summed E-state index contributed by atoms with van der Waals surface area (Å²) in [6.45, 7) is 0. The Kier molecular flexibility index (Phi) is 5.08. The number of thiophene rings is 1. The van der Waals surface area contributed by atoms with Crippen molar-refractivity contribution in [3.05, 3.63) is 27.7 Å². The van der Waals surface area contributed by atoms with E-state index < -0.39 is 13.6 Å². The molecule has 17 heavy (non-hydrogen) atoms. The monoisotopic (exact) mass is 276 g/mol. The van der Waals surface area contributed by atoms with Gasteiger partial charge in [-0.2, -0.15) is 0 Å². The van der Waals surface area contributed by atoms with Crippen molar-refractivity contribution in [2.75, 3.05) is 21.3 Å². The number of carbonyl (C=O) groups excluding carboxylic acids is 1. The first-order valence-electron chi connectivity index (χ1n) is 4.63. The molecular weight excluding hydrogens is 263 g/mol. The van der Waals surface area contributed by atoms with Gasteiger partial charge >= 0.3 is 13.6 Å². The summed E-state index contributed by atoms with van der Waals surface area (Å²) in [5.41, 5.74) is 0. The van der Waals surface area contributed by atoms with Gasteiger partial charge in [0.05, 0.1) is 7.11 Å². The highest BCUT2D eigenvalue weighted by molar-refractivity contribution is 7.60. The third-order valence-corrected chi connectivity index (χ3v) is 4.67. The normalized spacial score (nSPS) is 12.5. The van der Waals surface area contributed by atoms with Crippen LogP contribution in [0.3, 0.4) is 0 Å². The Labute approximate surface area is 104 Å². The quantitative estimate of drug-likeness (QED) is 0.470. The molecule has 0 amide bonds. The summed E-state index contributed by atoms with van der Waals surface area (Å²) in [4.78, 5) is 12.3. The first kappa shape index (κ1) is 14.1. The standard InChI is InChI=1S/C10H13O5PS/c1-13-10(11)9(16(12,14-2)15-3)7-8-5-4-6-17-8/h4-7H,1-3H3/b9-7+. The predicted octanol–water partition coefficient (Wildman–Crippen LogP) is 2.75. The lowest BCUT2D eigenvalue weighted by Gasteiger charge is -2.15. The molecule has 5 nitrogen and oxygen atoms in total. The number of methoxy groups -OCH3 is 1. The fraction of sp³-hybridized carbons (Fsp3) is 0.300. The molecule has 0 spiro atoms. The molecule has 1 heterocycles. The number of hydrogen-bond donors (Lipinski definition) is 0. The van der Waals surface area contributed by atoms with Crippen molar-refractivity contribution in [1.29, 1.82) is 0 Å². The van der Waals surface area contributed by atoms with Gasteiger partial charge in [0.25, 0.3) is 0 Å². The minimum Gasteiger partial charge on any atom is -0.465 e. The number of ether oxygens (including phenoxy) is 1. The fourth-order valence-electron chi connectivity index (χ4n) is 1.13. The summed E-state index contributed by atoms with van der Waals surface area (Å²) in [5, 5.41) is 1.72. The Balaban J connectivity index is 3.22. The van der Waals surface area contributed by atoms with Crippen LogP contribution in [0, 0.1) is 0 Å². The molecule has 0 N–H and O–H groups in total. The van der Waals surface area contributed by atoms with Gasteiger partial charge in [-0.1, -0.05) is 6.07 Å². The van der Waals surface area contributed by atoms with Crippen molar-refractivity contribution < 1.29 is 23.1 Å². The van der Waals surface area contributed by atoms with Crippen LogP contribution in [0.5, 0.6) is 0 Å². The summed E-state index contributed by atoms with van der Waals surface area (Å²) in [6.07, 6.45) is 1.45. The molecule has 0 bridgehead atoms. The maximum atomic E-state index is 12.2. The SMILES string of the molecule is COC(=O)/C(=C\c1cccs1)P(=O)(OC)OC. The minimum absolute atomic E-state index is 0.118. The molecule has 1 rings (SSSR count). The molecule has 0 aliphatic rings. The lowest BCUT2D eigenvalue weighted by atomic mass is 10.4. The summed E-state index contributed by atoms with van der Waals surface area (Å²) in [7, 11) is 0.0323. The first-order valence-corrected chi connectivity index (χ1v) is 7.05. The van der Waals surface area contributed by atoms with Crippen LogP contribution in [-0.4, -0.2) is 27.3 Å². The Morgan fingerprint density at radius 1 is 1.35 bits per heavy atom. The van der Waals surface area contributed by atoms with Gasteiger partial charge in [0.15, 0.2) is 5.31 Å². The summed E-state index contributed by atoms with van der Waals surface area (Å²) in [5.74, 6) is -0.731. The molecule has 1 aromatic rings. The zero-order valence-corrected chi connectivity index (χ0v) is 11.4. The topological polar surface area (TPSA) is 61.8 Å². The maximum Gasteiger partial charge on any atom is 0.368 e. The highest BCUT2D eigenvalue weighted by Crippen LogP contribution is 2.55. The zero-order valence-electron chi connectivity index (χ0n) is 9.71. The third-order valence-electron chi connectivity index (χ3n) is 1.99. The van der Waals surface area contributed by atoms with Gasteiger partial charge in [0.1, 0.15) is 0 Å². The Morgan fingerprint density at radius 2 is 2.00 bits per heavy atom.